The molecule has 0 aliphatic carbocycles. The van der Waals surface area contributed by atoms with Gasteiger partial charge in [-0.1, -0.05) is 12.1 Å². The van der Waals surface area contributed by atoms with E-state index in [1.165, 1.54) is 18.2 Å². The van der Waals surface area contributed by atoms with E-state index in [1.807, 2.05) is 0 Å². The van der Waals surface area contributed by atoms with Gasteiger partial charge in [0.25, 0.3) is 0 Å². The number of nitrogens with one attached hydrogen (secondary N) is 2. The average molecular weight is 302 g/mol. The highest BCUT2D eigenvalue weighted by molar-refractivity contribution is 7.89. The third kappa shape index (κ3) is 3.35. The molecule has 1 saturated heterocycles. The minimum Gasteiger partial charge on any atom is -0.383 e. The van der Waals surface area contributed by atoms with E-state index in [1.54, 1.807) is 7.11 Å². The number of rotatable bonds is 6. The minimum atomic E-state index is -3.86. The van der Waals surface area contributed by atoms with E-state index in [0.717, 1.165) is 25.5 Å². The topological polar surface area (TPSA) is 67.4 Å². The molecule has 1 atom stereocenters. The molecule has 0 amide bonds. The number of benzene rings is 1. The first kappa shape index (κ1) is 15.4. The van der Waals surface area contributed by atoms with Gasteiger partial charge in [0.2, 0.25) is 10.0 Å². The van der Waals surface area contributed by atoms with Crippen molar-refractivity contribution in [3.63, 3.8) is 0 Å². The summed E-state index contributed by atoms with van der Waals surface area (Å²) in [7, 11) is -2.28. The standard InChI is InChI=1S/C13H19FN2O3S/c1-19-10-13(7-4-8-15-13)9-16-20(17,18)12-6-3-2-5-11(12)14/h2-3,5-6,15-16H,4,7-10H2,1H3. The van der Waals surface area contributed by atoms with Crippen molar-refractivity contribution in [1.82, 2.24) is 10.0 Å². The molecule has 1 aromatic rings. The van der Waals surface area contributed by atoms with Crippen LogP contribution in [0.15, 0.2) is 29.2 Å². The van der Waals surface area contributed by atoms with Crippen molar-refractivity contribution in [2.24, 2.45) is 0 Å². The number of methoxy groups -OCH3 is 1. The van der Waals surface area contributed by atoms with Crippen molar-refractivity contribution in [1.29, 1.82) is 0 Å². The third-order valence-corrected chi connectivity index (χ3v) is 4.91. The van der Waals surface area contributed by atoms with E-state index in [9.17, 15) is 12.8 Å². The molecule has 0 spiro atoms. The molecule has 5 nitrogen and oxygen atoms in total. The molecule has 2 rings (SSSR count). The molecule has 112 valence electrons. The van der Waals surface area contributed by atoms with Crippen molar-refractivity contribution in [3.8, 4) is 0 Å². The Labute approximate surface area is 118 Å². The lowest BCUT2D eigenvalue weighted by Gasteiger charge is -2.28. The maximum atomic E-state index is 13.6. The Morgan fingerprint density at radius 3 is 2.80 bits per heavy atom. The smallest absolute Gasteiger partial charge is 0.243 e. The zero-order chi connectivity index (χ0) is 14.6. The lowest BCUT2D eigenvalue weighted by molar-refractivity contribution is 0.122. The summed E-state index contributed by atoms with van der Waals surface area (Å²) < 4.78 is 45.5. The number of ether oxygens (including phenoxy) is 1. The highest BCUT2D eigenvalue weighted by atomic mass is 32.2. The summed E-state index contributed by atoms with van der Waals surface area (Å²) in [5.74, 6) is -0.750. The van der Waals surface area contributed by atoms with Crippen LogP contribution in [0.1, 0.15) is 12.8 Å². The Morgan fingerprint density at radius 2 is 2.20 bits per heavy atom. The van der Waals surface area contributed by atoms with Crippen LogP contribution in [0, 0.1) is 5.82 Å². The predicted molar refractivity (Wildman–Crippen MR) is 73.4 cm³/mol. The van der Waals surface area contributed by atoms with Crippen molar-refractivity contribution < 1.29 is 17.5 Å². The molecule has 1 aliphatic heterocycles. The number of sulfonamides is 1. The van der Waals surface area contributed by atoms with Crippen LogP contribution in [0.4, 0.5) is 4.39 Å². The van der Waals surface area contributed by atoms with E-state index in [0.29, 0.717) is 6.61 Å². The summed E-state index contributed by atoms with van der Waals surface area (Å²) in [6.45, 7) is 1.41. The SMILES string of the molecule is COCC1(CNS(=O)(=O)c2ccccc2F)CCCN1. The molecular weight excluding hydrogens is 283 g/mol. The van der Waals surface area contributed by atoms with Crippen molar-refractivity contribution in [3.05, 3.63) is 30.1 Å². The fourth-order valence-electron chi connectivity index (χ4n) is 2.44. The average Bonchev–Trinajstić information content (AvgIpc) is 2.87. The normalized spacial score (nSPS) is 23.1. The minimum absolute atomic E-state index is 0.178. The van der Waals surface area contributed by atoms with Gasteiger partial charge in [-0.25, -0.2) is 17.5 Å². The summed E-state index contributed by atoms with van der Waals surface area (Å²) >= 11 is 0. The lowest BCUT2D eigenvalue weighted by Crippen LogP contribution is -2.52. The molecule has 7 heteroatoms. The Hall–Kier alpha value is -1.02. The highest BCUT2D eigenvalue weighted by Gasteiger charge is 2.35. The monoisotopic (exact) mass is 302 g/mol. The molecule has 0 saturated carbocycles. The van der Waals surface area contributed by atoms with Crippen LogP contribution < -0.4 is 10.0 Å². The lowest BCUT2D eigenvalue weighted by atomic mass is 9.99. The van der Waals surface area contributed by atoms with E-state index in [4.69, 9.17) is 4.74 Å². The van der Waals surface area contributed by atoms with Crippen LogP contribution in [0.3, 0.4) is 0 Å². The van der Waals surface area contributed by atoms with E-state index >= 15 is 0 Å². The maximum absolute atomic E-state index is 13.6. The van der Waals surface area contributed by atoms with E-state index in [-0.39, 0.29) is 11.4 Å². The second-order valence-electron chi connectivity index (χ2n) is 5.00. The molecule has 1 aliphatic rings. The highest BCUT2D eigenvalue weighted by Crippen LogP contribution is 2.20. The first-order valence-corrected chi connectivity index (χ1v) is 7.96. The molecule has 2 N–H and O–H groups in total. The van der Waals surface area contributed by atoms with Gasteiger partial charge in [-0.15, -0.1) is 0 Å². The molecular formula is C13H19FN2O3S. The van der Waals surface area contributed by atoms with Crippen LogP contribution in [0.2, 0.25) is 0 Å². The molecule has 1 heterocycles. The van der Waals surface area contributed by atoms with Crippen LogP contribution in [-0.2, 0) is 14.8 Å². The van der Waals surface area contributed by atoms with Gasteiger partial charge in [-0.2, -0.15) is 0 Å². The summed E-state index contributed by atoms with van der Waals surface area (Å²) in [4.78, 5) is -0.328. The molecule has 0 bridgehead atoms. The van der Waals surface area contributed by atoms with Crippen molar-refractivity contribution >= 4 is 10.0 Å². The first-order chi connectivity index (χ1) is 9.49. The number of hydrogen-bond acceptors (Lipinski definition) is 4. The quantitative estimate of drug-likeness (QED) is 0.818. The van der Waals surface area contributed by atoms with Crippen LogP contribution in [0.25, 0.3) is 0 Å². The van der Waals surface area contributed by atoms with Crippen LogP contribution >= 0.6 is 0 Å². The van der Waals surface area contributed by atoms with Crippen molar-refractivity contribution in [2.45, 2.75) is 23.3 Å². The zero-order valence-corrected chi connectivity index (χ0v) is 12.2. The fraction of sp³-hybridized carbons (Fsp3) is 0.538. The van der Waals surface area contributed by atoms with Gasteiger partial charge in [-0.05, 0) is 31.5 Å². The molecule has 1 aromatic carbocycles. The number of halogens is 1. The van der Waals surface area contributed by atoms with Gasteiger partial charge in [0, 0.05) is 13.7 Å². The molecule has 1 fully saturated rings. The Balaban J connectivity index is 2.11. The summed E-state index contributed by atoms with van der Waals surface area (Å²) in [6.07, 6.45) is 1.78. The molecule has 1 unspecified atom stereocenters. The maximum Gasteiger partial charge on any atom is 0.243 e. The Kier molecular flexibility index (Phi) is 4.74. The first-order valence-electron chi connectivity index (χ1n) is 6.47. The summed E-state index contributed by atoms with van der Waals surface area (Å²) in [5, 5.41) is 3.26. The third-order valence-electron chi connectivity index (χ3n) is 3.48. The molecule has 20 heavy (non-hydrogen) atoms. The van der Waals surface area contributed by atoms with Gasteiger partial charge in [0.05, 0.1) is 12.1 Å². The number of hydrogen-bond donors (Lipinski definition) is 2. The van der Waals surface area contributed by atoms with Crippen LogP contribution in [0.5, 0.6) is 0 Å². The molecule has 0 radical (unpaired) electrons. The Bertz CT molecular complexity index is 556. The predicted octanol–water partition coefficient (Wildman–Crippen LogP) is 0.873. The van der Waals surface area contributed by atoms with E-state index in [2.05, 4.69) is 10.0 Å². The van der Waals surface area contributed by atoms with Gasteiger partial charge in [0.15, 0.2) is 0 Å². The second kappa shape index (κ2) is 6.17. The van der Waals surface area contributed by atoms with Crippen molar-refractivity contribution in [2.75, 3.05) is 26.8 Å². The summed E-state index contributed by atoms with van der Waals surface area (Å²) in [6, 6.07) is 5.34. The van der Waals surface area contributed by atoms with Gasteiger partial charge >= 0.3 is 0 Å². The largest absolute Gasteiger partial charge is 0.383 e. The Morgan fingerprint density at radius 1 is 1.45 bits per heavy atom. The van der Waals surface area contributed by atoms with Gasteiger partial charge in [0.1, 0.15) is 10.7 Å². The molecule has 0 aromatic heterocycles. The van der Waals surface area contributed by atoms with E-state index < -0.39 is 21.4 Å². The summed E-state index contributed by atoms with van der Waals surface area (Å²) in [5.41, 5.74) is -0.410. The zero-order valence-electron chi connectivity index (χ0n) is 11.4. The fourth-order valence-corrected chi connectivity index (χ4v) is 3.65. The second-order valence-corrected chi connectivity index (χ2v) is 6.73. The van der Waals surface area contributed by atoms with Gasteiger partial charge in [-0.3, -0.25) is 0 Å². The van der Waals surface area contributed by atoms with Gasteiger partial charge < -0.3 is 10.1 Å². The van der Waals surface area contributed by atoms with Crippen LogP contribution in [-0.4, -0.2) is 40.8 Å².